The highest BCUT2D eigenvalue weighted by Crippen LogP contribution is 2.18. The number of amides is 1. The molecule has 0 unspecified atom stereocenters. The predicted molar refractivity (Wildman–Crippen MR) is 90.1 cm³/mol. The van der Waals surface area contributed by atoms with E-state index in [1.54, 1.807) is 6.07 Å². The van der Waals surface area contributed by atoms with E-state index in [2.05, 4.69) is 5.32 Å². The molecular weight excluding hydrogens is 276 g/mol. The Morgan fingerprint density at radius 3 is 2.59 bits per heavy atom. The predicted octanol–water partition coefficient (Wildman–Crippen LogP) is 3.68. The third-order valence-corrected chi connectivity index (χ3v) is 3.37. The fourth-order valence-corrected chi connectivity index (χ4v) is 2.04. The molecule has 2 aromatic carbocycles. The van der Waals surface area contributed by atoms with Crippen LogP contribution in [0.1, 0.15) is 24.0 Å². The number of rotatable bonds is 6. The lowest BCUT2D eigenvalue weighted by molar-refractivity contribution is -0.116. The van der Waals surface area contributed by atoms with E-state index < -0.39 is 0 Å². The number of hydrogen-bond donors (Lipinski definition) is 2. The van der Waals surface area contributed by atoms with Crippen LogP contribution in [0.25, 0.3) is 0 Å². The molecule has 0 aliphatic rings. The van der Waals surface area contributed by atoms with Gasteiger partial charge in [0.1, 0.15) is 5.75 Å². The Morgan fingerprint density at radius 2 is 1.86 bits per heavy atom. The van der Waals surface area contributed by atoms with Crippen molar-refractivity contribution in [3.8, 4) is 5.75 Å². The molecule has 0 spiro atoms. The van der Waals surface area contributed by atoms with Gasteiger partial charge in [-0.25, -0.2) is 0 Å². The van der Waals surface area contributed by atoms with E-state index in [1.165, 1.54) is 5.56 Å². The standard InChI is InChI=1S/C18H22N2O2/c1-13-5-9-16(10-6-13)22-11-3-4-18(21)20-17-12-15(19)8-7-14(17)2/h5-10,12H,3-4,11,19H2,1-2H3,(H,20,21). The monoisotopic (exact) mass is 298 g/mol. The average molecular weight is 298 g/mol. The normalized spacial score (nSPS) is 10.3. The first kappa shape index (κ1) is 15.9. The van der Waals surface area contributed by atoms with Crippen LogP contribution in [0.2, 0.25) is 0 Å². The van der Waals surface area contributed by atoms with Crippen LogP contribution in [0.4, 0.5) is 11.4 Å². The third-order valence-electron chi connectivity index (χ3n) is 3.37. The molecule has 4 heteroatoms. The maximum atomic E-state index is 11.9. The zero-order chi connectivity index (χ0) is 15.9. The quantitative estimate of drug-likeness (QED) is 0.631. The summed E-state index contributed by atoms with van der Waals surface area (Å²) < 4.78 is 5.60. The minimum Gasteiger partial charge on any atom is -0.494 e. The topological polar surface area (TPSA) is 64.3 Å². The van der Waals surface area contributed by atoms with Crippen molar-refractivity contribution in [1.82, 2.24) is 0 Å². The molecule has 2 rings (SSSR count). The van der Waals surface area contributed by atoms with Gasteiger partial charge in [-0.1, -0.05) is 23.8 Å². The molecule has 0 aliphatic heterocycles. The number of benzene rings is 2. The van der Waals surface area contributed by atoms with Gasteiger partial charge in [-0.05, 0) is 50.1 Å². The van der Waals surface area contributed by atoms with Crippen molar-refractivity contribution in [2.24, 2.45) is 0 Å². The molecule has 0 fully saturated rings. The summed E-state index contributed by atoms with van der Waals surface area (Å²) in [6.45, 7) is 4.49. The summed E-state index contributed by atoms with van der Waals surface area (Å²) >= 11 is 0. The third kappa shape index (κ3) is 4.81. The highest BCUT2D eigenvalue weighted by molar-refractivity contribution is 5.91. The molecule has 2 aromatic rings. The first-order chi connectivity index (χ1) is 10.5. The Labute approximate surface area is 131 Å². The second-order valence-electron chi connectivity index (χ2n) is 5.39. The van der Waals surface area contributed by atoms with Crippen molar-refractivity contribution >= 4 is 17.3 Å². The molecule has 4 nitrogen and oxygen atoms in total. The molecule has 22 heavy (non-hydrogen) atoms. The van der Waals surface area contributed by atoms with E-state index in [0.29, 0.717) is 25.1 Å². The van der Waals surface area contributed by atoms with E-state index in [4.69, 9.17) is 10.5 Å². The van der Waals surface area contributed by atoms with Crippen LogP contribution < -0.4 is 15.8 Å². The smallest absolute Gasteiger partial charge is 0.224 e. The average Bonchev–Trinajstić information content (AvgIpc) is 2.49. The zero-order valence-electron chi connectivity index (χ0n) is 13.1. The van der Waals surface area contributed by atoms with E-state index >= 15 is 0 Å². The van der Waals surface area contributed by atoms with Gasteiger partial charge in [0.25, 0.3) is 0 Å². The maximum absolute atomic E-state index is 11.9. The first-order valence-electron chi connectivity index (χ1n) is 7.40. The number of carbonyl (C=O) groups excluding carboxylic acids is 1. The molecule has 0 bridgehead atoms. The van der Waals surface area contributed by atoms with Gasteiger partial charge in [-0.2, -0.15) is 0 Å². The van der Waals surface area contributed by atoms with Gasteiger partial charge in [0.05, 0.1) is 6.61 Å². The van der Waals surface area contributed by atoms with Crippen LogP contribution >= 0.6 is 0 Å². The Hall–Kier alpha value is -2.49. The van der Waals surface area contributed by atoms with Gasteiger partial charge in [0.15, 0.2) is 0 Å². The molecule has 1 amide bonds. The number of anilines is 2. The van der Waals surface area contributed by atoms with Gasteiger partial charge in [-0.3, -0.25) is 4.79 Å². The van der Waals surface area contributed by atoms with Gasteiger partial charge in [0, 0.05) is 17.8 Å². The lowest BCUT2D eigenvalue weighted by atomic mass is 10.1. The molecule has 0 radical (unpaired) electrons. The Bertz CT molecular complexity index is 636. The van der Waals surface area contributed by atoms with Crippen molar-refractivity contribution in [1.29, 1.82) is 0 Å². The van der Waals surface area contributed by atoms with E-state index in [1.807, 2.05) is 50.2 Å². The summed E-state index contributed by atoms with van der Waals surface area (Å²) in [4.78, 5) is 11.9. The number of carbonyl (C=O) groups is 1. The summed E-state index contributed by atoms with van der Waals surface area (Å²) in [6.07, 6.45) is 1.08. The molecule has 116 valence electrons. The molecule has 0 aromatic heterocycles. The molecule has 0 aliphatic carbocycles. The van der Waals surface area contributed by atoms with Crippen molar-refractivity contribution in [2.75, 3.05) is 17.7 Å². The largest absolute Gasteiger partial charge is 0.494 e. The van der Waals surface area contributed by atoms with Crippen molar-refractivity contribution in [3.63, 3.8) is 0 Å². The summed E-state index contributed by atoms with van der Waals surface area (Å²) in [6, 6.07) is 13.4. The number of aryl methyl sites for hydroxylation is 2. The minimum absolute atomic E-state index is 0.0267. The second kappa shape index (κ2) is 7.50. The van der Waals surface area contributed by atoms with Crippen molar-refractivity contribution in [3.05, 3.63) is 53.6 Å². The summed E-state index contributed by atoms with van der Waals surface area (Å²) in [5, 5.41) is 2.88. The number of ether oxygens (including phenoxy) is 1. The van der Waals surface area contributed by atoms with E-state index in [-0.39, 0.29) is 5.91 Å². The summed E-state index contributed by atoms with van der Waals surface area (Å²) in [5.41, 5.74) is 9.34. The first-order valence-corrected chi connectivity index (χ1v) is 7.40. The Balaban J connectivity index is 1.74. The Kier molecular flexibility index (Phi) is 5.42. The second-order valence-corrected chi connectivity index (χ2v) is 5.39. The van der Waals surface area contributed by atoms with Gasteiger partial charge < -0.3 is 15.8 Å². The highest BCUT2D eigenvalue weighted by atomic mass is 16.5. The minimum atomic E-state index is -0.0267. The van der Waals surface area contributed by atoms with E-state index in [9.17, 15) is 4.79 Å². The van der Waals surface area contributed by atoms with Crippen LogP contribution in [0.15, 0.2) is 42.5 Å². The lowest BCUT2D eigenvalue weighted by Crippen LogP contribution is -2.13. The fraction of sp³-hybridized carbons (Fsp3) is 0.278. The van der Waals surface area contributed by atoms with Gasteiger partial charge in [-0.15, -0.1) is 0 Å². The summed E-state index contributed by atoms with van der Waals surface area (Å²) in [5.74, 6) is 0.805. The van der Waals surface area contributed by atoms with Crippen LogP contribution in [0.3, 0.4) is 0 Å². The fourth-order valence-electron chi connectivity index (χ4n) is 2.04. The van der Waals surface area contributed by atoms with Crippen molar-refractivity contribution < 1.29 is 9.53 Å². The van der Waals surface area contributed by atoms with Crippen molar-refractivity contribution in [2.45, 2.75) is 26.7 Å². The molecule has 0 heterocycles. The number of hydrogen-bond acceptors (Lipinski definition) is 3. The molecule has 3 N–H and O–H groups in total. The lowest BCUT2D eigenvalue weighted by Gasteiger charge is -2.10. The SMILES string of the molecule is Cc1ccc(OCCCC(=O)Nc2cc(N)ccc2C)cc1. The maximum Gasteiger partial charge on any atom is 0.224 e. The van der Waals surface area contributed by atoms with Gasteiger partial charge in [0.2, 0.25) is 5.91 Å². The number of nitrogen functional groups attached to an aromatic ring is 1. The van der Waals surface area contributed by atoms with Crippen LogP contribution in [0, 0.1) is 13.8 Å². The summed E-state index contributed by atoms with van der Waals surface area (Å²) in [7, 11) is 0. The Morgan fingerprint density at radius 1 is 1.14 bits per heavy atom. The van der Waals surface area contributed by atoms with Crippen LogP contribution in [-0.2, 0) is 4.79 Å². The zero-order valence-corrected chi connectivity index (χ0v) is 13.1. The van der Waals surface area contributed by atoms with Crippen LogP contribution in [-0.4, -0.2) is 12.5 Å². The molecule has 0 saturated heterocycles. The van der Waals surface area contributed by atoms with Crippen LogP contribution in [0.5, 0.6) is 5.75 Å². The number of nitrogens with one attached hydrogen (secondary N) is 1. The molecule has 0 atom stereocenters. The highest BCUT2D eigenvalue weighted by Gasteiger charge is 2.05. The van der Waals surface area contributed by atoms with Gasteiger partial charge >= 0.3 is 0 Å². The molecular formula is C18H22N2O2. The van der Waals surface area contributed by atoms with E-state index in [0.717, 1.165) is 17.0 Å². The number of nitrogens with two attached hydrogens (primary N) is 1. The molecule has 0 saturated carbocycles.